The lowest BCUT2D eigenvalue weighted by Gasteiger charge is -2.20. The van der Waals surface area contributed by atoms with E-state index in [0.29, 0.717) is 32.6 Å². The number of hydrogen-bond acceptors (Lipinski definition) is 4. The van der Waals surface area contributed by atoms with E-state index in [9.17, 15) is 9.59 Å². The Hall–Kier alpha value is -1.88. The third-order valence-corrected chi connectivity index (χ3v) is 3.32. The van der Waals surface area contributed by atoms with Crippen molar-refractivity contribution >= 4 is 11.9 Å². The van der Waals surface area contributed by atoms with Gasteiger partial charge in [-0.15, -0.1) is 0 Å². The summed E-state index contributed by atoms with van der Waals surface area (Å²) < 4.78 is 10.7. The van der Waals surface area contributed by atoms with Crippen LogP contribution in [0.25, 0.3) is 0 Å². The average Bonchev–Trinajstić information content (AvgIpc) is 2.51. The van der Waals surface area contributed by atoms with Gasteiger partial charge in [-0.25, -0.2) is 4.79 Å². The molecule has 1 atom stereocenters. The summed E-state index contributed by atoms with van der Waals surface area (Å²) in [5, 5.41) is 2.63. The molecule has 0 saturated heterocycles. The van der Waals surface area contributed by atoms with Crippen LogP contribution < -0.4 is 5.32 Å². The Bertz CT molecular complexity index is 508. The van der Waals surface area contributed by atoms with Crippen molar-refractivity contribution in [1.29, 1.82) is 0 Å². The summed E-state index contributed by atoms with van der Waals surface area (Å²) in [7, 11) is 0. The summed E-state index contributed by atoms with van der Waals surface area (Å²) in [6, 6.07) is 9.93. The van der Waals surface area contributed by atoms with Crippen molar-refractivity contribution in [3.8, 4) is 0 Å². The Morgan fingerprint density at radius 3 is 2.46 bits per heavy atom. The fraction of sp³-hybridized carbons (Fsp3) is 0.579. The lowest BCUT2D eigenvalue weighted by Crippen LogP contribution is -2.36. The lowest BCUT2D eigenvalue weighted by atomic mass is 10.0. The number of rotatable bonds is 9. The molecule has 134 valence electrons. The summed E-state index contributed by atoms with van der Waals surface area (Å²) in [4.78, 5) is 23.6. The van der Waals surface area contributed by atoms with Crippen LogP contribution in [-0.4, -0.2) is 30.6 Å². The van der Waals surface area contributed by atoms with Crippen molar-refractivity contribution < 1.29 is 19.1 Å². The predicted molar refractivity (Wildman–Crippen MR) is 93.7 cm³/mol. The number of amides is 1. The lowest BCUT2D eigenvalue weighted by molar-refractivity contribution is -0.122. The number of hydrogen-bond donors (Lipinski definition) is 1. The summed E-state index contributed by atoms with van der Waals surface area (Å²) >= 11 is 0. The van der Waals surface area contributed by atoms with Crippen LogP contribution >= 0.6 is 0 Å². The molecule has 0 fully saturated rings. The van der Waals surface area contributed by atoms with Gasteiger partial charge in [0.2, 0.25) is 0 Å². The molecule has 0 aliphatic carbocycles. The number of carbonyl (C=O) groups is 2. The quantitative estimate of drug-likeness (QED) is 0.699. The third kappa shape index (κ3) is 9.30. The van der Waals surface area contributed by atoms with Crippen LogP contribution in [0.4, 0.5) is 4.79 Å². The molecule has 24 heavy (non-hydrogen) atoms. The number of carbonyl (C=O) groups excluding carboxylic acids is 2. The number of benzene rings is 1. The minimum absolute atomic E-state index is 0.120. The normalized spacial score (nSPS) is 12.5. The Balaban J connectivity index is 2.12. The number of ether oxygens (including phenoxy) is 2. The molecule has 0 aromatic heterocycles. The molecule has 0 saturated carbocycles. The van der Waals surface area contributed by atoms with Gasteiger partial charge in [-0.3, -0.25) is 4.79 Å². The molecule has 1 N–H and O–H groups in total. The second-order valence-electron chi connectivity index (χ2n) is 6.89. The summed E-state index contributed by atoms with van der Waals surface area (Å²) in [5.41, 5.74) is 0.590. The van der Waals surface area contributed by atoms with Gasteiger partial charge in [0, 0.05) is 25.5 Å². The fourth-order valence-electron chi connectivity index (χ4n) is 2.02. The highest BCUT2D eigenvalue weighted by molar-refractivity contribution is 5.81. The largest absolute Gasteiger partial charge is 0.444 e. The zero-order chi connectivity index (χ0) is 18.0. The molecule has 0 aliphatic rings. The van der Waals surface area contributed by atoms with Crippen molar-refractivity contribution in [2.24, 2.45) is 5.92 Å². The molecule has 1 aromatic rings. The first-order chi connectivity index (χ1) is 11.3. The molecule has 0 bridgehead atoms. The molecular formula is C19H29NO4. The zero-order valence-electron chi connectivity index (χ0n) is 15.1. The van der Waals surface area contributed by atoms with Crippen LogP contribution in [0.5, 0.6) is 0 Å². The summed E-state index contributed by atoms with van der Waals surface area (Å²) in [5.74, 6) is -0.110. The van der Waals surface area contributed by atoms with Crippen LogP contribution in [0.2, 0.25) is 0 Å². The maximum atomic E-state index is 12.0. The van der Waals surface area contributed by atoms with Crippen LogP contribution in [0.1, 0.15) is 46.1 Å². The van der Waals surface area contributed by atoms with Gasteiger partial charge in [-0.1, -0.05) is 37.3 Å². The Kier molecular flexibility index (Phi) is 8.47. The zero-order valence-corrected chi connectivity index (χ0v) is 15.1. The first-order valence-electron chi connectivity index (χ1n) is 8.39. The van der Waals surface area contributed by atoms with Crippen LogP contribution in [0, 0.1) is 5.92 Å². The van der Waals surface area contributed by atoms with Gasteiger partial charge in [-0.2, -0.15) is 0 Å². The first-order valence-corrected chi connectivity index (χ1v) is 8.39. The molecule has 0 radical (unpaired) electrons. The molecule has 5 nitrogen and oxygen atoms in total. The standard InChI is InChI=1S/C19H29NO4/c1-15(13-20-18(22)24-19(2,3)4)17(21)11-8-12-23-14-16-9-6-5-7-10-16/h5-7,9-10,15H,8,11-14H2,1-4H3,(H,20,22). The maximum absolute atomic E-state index is 12.0. The van der Waals surface area contributed by atoms with Gasteiger partial charge in [-0.05, 0) is 32.8 Å². The minimum atomic E-state index is -0.534. The topological polar surface area (TPSA) is 64.6 Å². The van der Waals surface area contributed by atoms with Gasteiger partial charge in [0.15, 0.2) is 0 Å². The molecule has 1 rings (SSSR count). The highest BCUT2D eigenvalue weighted by Crippen LogP contribution is 2.08. The molecule has 0 spiro atoms. The average molecular weight is 335 g/mol. The predicted octanol–water partition coefficient (Wildman–Crippen LogP) is 3.71. The fourth-order valence-corrected chi connectivity index (χ4v) is 2.02. The van der Waals surface area contributed by atoms with Gasteiger partial charge in [0.1, 0.15) is 11.4 Å². The summed E-state index contributed by atoms with van der Waals surface area (Å²) in [6.45, 7) is 8.62. The van der Waals surface area contributed by atoms with E-state index in [1.165, 1.54) is 0 Å². The van der Waals surface area contributed by atoms with Crippen LogP contribution in [0.15, 0.2) is 30.3 Å². The molecular weight excluding hydrogens is 306 g/mol. The molecule has 5 heteroatoms. The van der Waals surface area contributed by atoms with E-state index in [-0.39, 0.29) is 11.7 Å². The van der Waals surface area contributed by atoms with E-state index in [2.05, 4.69) is 5.32 Å². The van der Waals surface area contributed by atoms with Crippen molar-refractivity contribution in [3.63, 3.8) is 0 Å². The van der Waals surface area contributed by atoms with Crippen LogP contribution in [0.3, 0.4) is 0 Å². The Morgan fingerprint density at radius 2 is 1.83 bits per heavy atom. The molecule has 1 aromatic carbocycles. The highest BCUT2D eigenvalue weighted by Gasteiger charge is 2.18. The monoisotopic (exact) mass is 335 g/mol. The SMILES string of the molecule is CC(CNC(=O)OC(C)(C)C)C(=O)CCCOCc1ccccc1. The van der Waals surface area contributed by atoms with Gasteiger partial charge < -0.3 is 14.8 Å². The van der Waals surface area contributed by atoms with E-state index in [4.69, 9.17) is 9.47 Å². The van der Waals surface area contributed by atoms with E-state index in [1.54, 1.807) is 20.8 Å². The number of alkyl carbamates (subject to hydrolysis) is 1. The molecule has 0 aliphatic heterocycles. The number of Topliss-reactive ketones (excluding diaryl/α,β-unsaturated/α-hetero) is 1. The molecule has 1 unspecified atom stereocenters. The smallest absolute Gasteiger partial charge is 0.407 e. The van der Waals surface area contributed by atoms with Gasteiger partial charge in [0.05, 0.1) is 6.61 Å². The second kappa shape index (κ2) is 10.1. The summed E-state index contributed by atoms with van der Waals surface area (Å²) in [6.07, 6.45) is 0.641. The van der Waals surface area contributed by atoms with Crippen molar-refractivity contribution in [2.75, 3.05) is 13.2 Å². The van der Waals surface area contributed by atoms with Gasteiger partial charge >= 0.3 is 6.09 Å². The van der Waals surface area contributed by atoms with Gasteiger partial charge in [0.25, 0.3) is 0 Å². The number of ketones is 1. The first kappa shape index (κ1) is 20.2. The van der Waals surface area contributed by atoms with E-state index >= 15 is 0 Å². The maximum Gasteiger partial charge on any atom is 0.407 e. The Labute approximate surface area is 144 Å². The minimum Gasteiger partial charge on any atom is -0.444 e. The molecule has 0 heterocycles. The van der Waals surface area contributed by atoms with Crippen molar-refractivity contribution in [3.05, 3.63) is 35.9 Å². The van der Waals surface area contributed by atoms with Crippen molar-refractivity contribution in [1.82, 2.24) is 5.32 Å². The van der Waals surface area contributed by atoms with E-state index in [1.807, 2.05) is 37.3 Å². The molecule has 1 amide bonds. The number of nitrogens with one attached hydrogen (secondary N) is 1. The third-order valence-electron chi connectivity index (χ3n) is 3.32. The van der Waals surface area contributed by atoms with Crippen molar-refractivity contribution in [2.45, 2.75) is 52.7 Å². The second-order valence-corrected chi connectivity index (χ2v) is 6.89. The van der Waals surface area contributed by atoms with E-state index in [0.717, 1.165) is 5.56 Å². The van der Waals surface area contributed by atoms with Crippen LogP contribution in [-0.2, 0) is 20.9 Å². The highest BCUT2D eigenvalue weighted by atomic mass is 16.6. The Morgan fingerprint density at radius 1 is 1.17 bits per heavy atom. The van der Waals surface area contributed by atoms with E-state index < -0.39 is 11.7 Å².